The van der Waals surface area contributed by atoms with Crippen LogP contribution in [0.4, 0.5) is 0 Å². The second-order valence-electron chi connectivity index (χ2n) is 3.43. The molecule has 94 valence electrons. The number of nitrogens with two attached hydrogens (primary N) is 1. The number of carboxylic acids is 1. The van der Waals surface area contributed by atoms with E-state index in [0.29, 0.717) is 16.9 Å². The molecule has 0 fully saturated rings. The van der Waals surface area contributed by atoms with Gasteiger partial charge in [-0.3, -0.25) is 4.79 Å². The van der Waals surface area contributed by atoms with Crippen molar-refractivity contribution in [2.75, 3.05) is 14.2 Å². The Morgan fingerprint density at radius 3 is 2.65 bits per heavy atom. The molecular formula is C11H14BrNO4. The molecule has 1 aromatic carbocycles. The minimum atomic E-state index is -1.14. The highest BCUT2D eigenvalue weighted by molar-refractivity contribution is 9.10. The molecular weight excluding hydrogens is 290 g/mol. The molecule has 0 aliphatic rings. The summed E-state index contributed by atoms with van der Waals surface area (Å²) >= 11 is 3.32. The van der Waals surface area contributed by atoms with Crippen LogP contribution in [-0.4, -0.2) is 25.3 Å². The average molecular weight is 304 g/mol. The summed E-state index contributed by atoms with van der Waals surface area (Å²) < 4.78 is 11.0. The van der Waals surface area contributed by atoms with Gasteiger partial charge in [0.1, 0.15) is 11.8 Å². The van der Waals surface area contributed by atoms with Crippen LogP contribution in [0.15, 0.2) is 16.6 Å². The summed E-state index contributed by atoms with van der Waals surface area (Å²) in [6.07, 6.45) is 0. The smallest absolute Gasteiger partial charge is 0.325 e. The topological polar surface area (TPSA) is 81.8 Å². The Morgan fingerprint density at radius 1 is 1.53 bits per heavy atom. The van der Waals surface area contributed by atoms with Gasteiger partial charge in [-0.2, -0.15) is 0 Å². The molecule has 0 heterocycles. The van der Waals surface area contributed by atoms with E-state index >= 15 is 0 Å². The maximum absolute atomic E-state index is 11.0. The number of benzene rings is 1. The molecule has 0 radical (unpaired) electrons. The summed E-state index contributed by atoms with van der Waals surface area (Å²) in [6, 6.07) is 2.31. The van der Waals surface area contributed by atoms with E-state index < -0.39 is 12.0 Å². The van der Waals surface area contributed by atoms with Crippen molar-refractivity contribution in [2.24, 2.45) is 5.73 Å². The van der Waals surface area contributed by atoms with Gasteiger partial charge in [0.25, 0.3) is 0 Å². The number of halogens is 1. The fourth-order valence-electron chi connectivity index (χ4n) is 1.57. The first kappa shape index (κ1) is 14.0. The van der Waals surface area contributed by atoms with E-state index in [-0.39, 0.29) is 6.61 Å². The highest BCUT2D eigenvalue weighted by Gasteiger charge is 2.23. The van der Waals surface area contributed by atoms with E-state index in [1.165, 1.54) is 14.2 Å². The van der Waals surface area contributed by atoms with E-state index in [9.17, 15) is 4.79 Å². The van der Waals surface area contributed by atoms with Crippen molar-refractivity contribution in [3.05, 3.63) is 27.7 Å². The van der Waals surface area contributed by atoms with Crippen LogP contribution >= 0.6 is 15.9 Å². The van der Waals surface area contributed by atoms with E-state index in [0.717, 1.165) is 4.47 Å². The number of carboxylic acid groups (broad SMARTS) is 1. The molecule has 1 rings (SSSR count). The lowest BCUT2D eigenvalue weighted by atomic mass is 10.00. The fourth-order valence-corrected chi connectivity index (χ4v) is 2.05. The van der Waals surface area contributed by atoms with Gasteiger partial charge in [-0.1, -0.05) is 15.9 Å². The SMILES string of the molecule is COCc1cc(Br)cc(OC)c1C(N)C(=O)O. The lowest BCUT2D eigenvalue weighted by molar-refractivity contribution is -0.138. The Morgan fingerprint density at radius 2 is 2.18 bits per heavy atom. The van der Waals surface area contributed by atoms with Gasteiger partial charge < -0.3 is 20.3 Å². The highest BCUT2D eigenvalue weighted by atomic mass is 79.9. The van der Waals surface area contributed by atoms with Crippen LogP contribution in [0.3, 0.4) is 0 Å². The maximum Gasteiger partial charge on any atom is 0.325 e. The minimum Gasteiger partial charge on any atom is -0.496 e. The standard InChI is InChI=1S/C11H14BrNO4/c1-16-5-6-3-7(12)4-8(17-2)9(6)10(13)11(14)15/h3-4,10H,5,13H2,1-2H3,(H,14,15). The van der Waals surface area contributed by atoms with Crippen molar-refractivity contribution in [1.29, 1.82) is 0 Å². The zero-order valence-electron chi connectivity index (χ0n) is 9.57. The molecule has 5 nitrogen and oxygen atoms in total. The third kappa shape index (κ3) is 3.18. The Bertz CT molecular complexity index is 422. The third-order valence-corrected chi connectivity index (χ3v) is 2.75. The Kier molecular flexibility index (Phi) is 4.92. The lowest BCUT2D eigenvalue weighted by Gasteiger charge is -2.17. The largest absolute Gasteiger partial charge is 0.496 e. The molecule has 0 aliphatic carbocycles. The number of hydrogen-bond donors (Lipinski definition) is 2. The molecule has 1 unspecified atom stereocenters. The molecule has 0 spiro atoms. The van der Waals surface area contributed by atoms with Gasteiger partial charge in [0, 0.05) is 17.1 Å². The van der Waals surface area contributed by atoms with Gasteiger partial charge in [-0.15, -0.1) is 0 Å². The molecule has 0 bridgehead atoms. The third-order valence-electron chi connectivity index (χ3n) is 2.29. The zero-order valence-corrected chi connectivity index (χ0v) is 11.2. The van der Waals surface area contributed by atoms with Crippen LogP contribution in [0.1, 0.15) is 17.2 Å². The van der Waals surface area contributed by atoms with Crippen molar-refractivity contribution in [2.45, 2.75) is 12.6 Å². The summed E-state index contributed by atoms with van der Waals surface area (Å²) in [6.45, 7) is 0.270. The van der Waals surface area contributed by atoms with Gasteiger partial charge >= 0.3 is 5.97 Å². The molecule has 17 heavy (non-hydrogen) atoms. The van der Waals surface area contributed by atoms with Crippen LogP contribution in [0, 0.1) is 0 Å². The number of ether oxygens (including phenoxy) is 2. The van der Waals surface area contributed by atoms with Gasteiger partial charge in [-0.25, -0.2) is 0 Å². The van der Waals surface area contributed by atoms with Crippen LogP contribution < -0.4 is 10.5 Å². The first-order valence-electron chi connectivity index (χ1n) is 4.84. The van der Waals surface area contributed by atoms with Crippen LogP contribution in [-0.2, 0) is 16.1 Å². The van der Waals surface area contributed by atoms with E-state index in [4.69, 9.17) is 20.3 Å². The van der Waals surface area contributed by atoms with E-state index in [2.05, 4.69) is 15.9 Å². The number of aliphatic carboxylic acids is 1. The first-order valence-corrected chi connectivity index (χ1v) is 5.64. The number of hydrogen-bond acceptors (Lipinski definition) is 4. The maximum atomic E-state index is 11.0. The minimum absolute atomic E-state index is 0.270. The molecule has 0 saturated heterocycles. The lowest BCUT2D eigenvalue weighted by Crippen LogP contribution is -2.23. The normalized spacial score (nSPS) is 12.2. The predicted octanol–water partition coefficient (Wildman–Crippen LogP) is 1.69. The molecule has 1 aromatic rings. The van der Waals surface area contributed by atoms with Gasteiger partial charge in [0.05, 0.1) is 13.7 Å². The summed E-state index contributed by atoms with van der Waals surface area (Å²) in [5, 5.41) is 8.98. The molecule has 0 aromatic heterocycles. The fraction of sp³-hybridized carbons (Fsp3) is 0.364. The summed E-state index contributed by atoms with van der Waals surface area (Å²) in [7, 11) is 3.00. The van der Waals surface area contributed by atoms with E-state index in [1.807, 2.05) is 0 Å². The second-order valence-corrected chi connectivity index (χ2v) is 4.35. The van der Waals surface area contributed by atoms with Crippen molar-refractivity contribution < 1.29 is 19.4 Å². The predicted molar refractivity (Wildman–Crippen MR) is 66.0 cm³/mol. The van der Waals surface area contributed by atoms with Crippen LogP contribution in [0.25, 0.3) is 0 Å². The monoisotopic (exact) mass is 303 g/mol. The average Bonchev–Trinajstić information content (AvgIpc) is 2.27. The van der Waals surface area contributed by atoms with Crippen molar-refractivity contribution in [1.82, 2.24) is 0 Å². The number of methoxy groups -OCH3 is 2. The summed E-state index contributed by atoms with van der Waals surface area (Å²) in [5.74, 6) is -0.677. The van der Waals surface area contributed by atoms with E-state index in [1.54, 1.807) is 12.1 Å². The summed E-state index contributed by atoms with van der Waals surface area (Å²) in [4.78, 5) is 11.0. The van der Waals surface area contributed by atoms with Gasteiger partial charge in [0.2, 0.25) is 0 Å². The quantitative estimate of drug-likeness (QED) is 0.865. The molecule has 3 N–H and O–H groups in total. The van der Waals surface area contributed by atoms with Gasteiger partial charge in [-0.05, 0) is 17.7 Å². The summed E-state index contributed by atoms with van der Waals surface area (Å²) in [5.41, 5.74) is 6.77. The number of rotatable bonds is 5. The van der Waals surface area contributed by atoms with Crippen molar-refractivity contribution in [3.8, 4) is 5.75 Å². The second kappa shape index (κ2) is 6.00. The molecule has 0 saturated carbocycles. The Hall–Kier alpha value is -1.11. The number of carbonyl (C=O) groups is 1. The zero-order chi connectivity index (χ0) is 13.0. The molecule has 0 aliphatic heterocycles. The van der Waals surface area contributed by atoms with Gasteiger partial charge in [0.15, 0.2) is 0 Å². The molecule has 1 atom stereocenters. The van der Waals surface area contributed by atoms with Crippen molar-refractivity contribution >= 4 is 21.9 Å². The molecule has 6 heteroatoms. The first-order chi connectivity index (χ1) is 8.01. The highest BCUT2D eigenvalue weighted by Crippen LogP contribution is 2.32. The Balaban J connectivity index is 3.35. The van der Waals surface area contributed by atoms with Crippen LogP contribution in [0.2, 0.25) is 0 Å². The Labute approximate surface area is 108 Å². The molecule has 0 amide bonds. The van der Waals surface area contributed by atoms with Crippen LogP contribution in [0.5, 0.6) is 5.75 Å². The van der Waals surface area contributed by atoms with Crippen molar-refractivity contribution in [3.63, 3.8) is 0 Å².